The summed E-state index contributed by atoms with van der Waals surface area (Å²) in [5, 5.41) is 21.1. The molecule has 0 aliphatic heterocycles. The Morgan fingerprint density at radius 1 is 0.933 bits per heavy atom. The van der Waals surface area contributed by atoms with Crippen LogP contribution in [-0.2, 0) is 0 Å². The number of benzene rings is 3. The van der Waals surface area contributed by atoms with Gasteiger partial charge < -0.3 is 21.7 Å². The van der Waals surface area contributed by atoms with Crippen LogP contribution in [0.5, 0.6) is 5.75 Å². The minimum Gasteiger partial charge on any atom is -0.512 e. The Hall–Kier alpha value is -3.92. The van der Waals surface area contributed by atoms with Gasteiger partial charge in [0.2, 0.25) is 0 Å². The van der Waals surface area contributed by atoms with Crippen molar-refractivity contribution >= 4 is 5.69 Å². The fourth-order valence-corrected chi connectivity index (χ4v) is 3.45. The van der Waals surface area contributed by atoms with Crippen LogP contribution in [0, 0.1) is 0 Å². The highest BCUT2D eigenvalue weighted by Crippen LogP contribution is 2.40. The fourth-order valence-electron chi connectivity index (χ4n) is 3.45. The van der Waals surface area contributed by atoms with Crippen molar-refractivity contribution < 1.29 is 10.2 Å². The van der Waals surface area contributed by atoms with E-state index in [0.29, 0.717) is 22.5 Å². The van der Waals surface area contributed by atoms with E-state index in [1.54, 1.807) is 31.2 Å². The zero-order valence-electron chi connectivity index (χ0n) is 16.9. The van der Waals surface area contributed by atoms with Crippen LogP contribution in [0.1, 0.15) is 24.0 Å². The van der Waals surface area contributed by atoms with Gasteiger partial charge in [0, 0.05) is 34.5 Å². The number of aromatic hydroxyl groups is 1. The summed E-state index contributed by atoms with van der Waals surface area (Å²) >= 11 is 0. The van der Waals surface area contributed by atoms with Gasteiger partial charge in [-0.3, -0.25) is 0 Å². The number of phenols is 1. The van der Waals surface area contributed by atoms with Crippen molar-refractivity contribution in [3.05, 3.63) is 120 Å². The predicted molar refractivity (Wildman–Crippen MR) is 124 cm³/mol. The first kappa shape index (κ1) is 20.8. The molecule has 0 aromatic heterocycles. The molecule has 1 unspecified atom stereocenters. The van der Waals surface area contributed by atoms with Gasteiger partial charge in [0.25, 0.3) is 0 Å². The van der Waals surface area contributed by atoms with Crippen LogP contribution in [0.3, 0.4) is 0 Å². The summed E-state index contributed by atoms with van der Waals surface area (Å²) in [7, 11) is 0. The van der Waals surface area contributed by atoms with Crippen molar-refractivity contribution in [3.8, 4) is 16.9 Å². The summed E-state index contributed by atoms with van der Waals surface area (Å²) in [4.78, 5) is 0. The summed E-state index contributed by atoms with van der Waals surface area (Å²) in [5.74, 6) is -0.234. The number of nitrogen functional groups attached to an aromatic ring is 1. The molecule has 3 aromatic carbocycles. The normalized spacial score (nSPS) is 13.1. The van der Waals surface area contributed by atoms with Gasteiger partial charge in [0.15, 0.2) is 0 Å². The van der Waals surface area contributed by atoms with Gasteiger partial charge in [-0.15, -0.1) is 0 Å². The lowest BCUT2D eigenvalue weighted by molar-refractivity contribution is 0.405. The molecule has 0 radical (unpaired) electrons. The maximum Gasteiger partial charge on any atom is 0.121 e. The molecule has 0 aliphatic rings. The third-order valence-electron chi connectivity index (χ3n) is 4.92. The largest absolute Gasteiger partial charge is 0.512 e. The monoisotopic (exact) mass is 398 g/mol. The van der Waals surface area contributed by atoms with Crippen molar-refractivity contribution in [3.63, 3.8) is 0 Å². The van der Waals surface area contributed by atoms with Crippen molar-refractivity contribution in [1.29, 1.82) is 0 Å². The molecule has 3 rings (SSSR count). The topological polar surface area (TPSA) is 92.5 Å². The smallest absolute Gasteiger partial charge is 0.121 e. The van der Waals surface area contributed by atoms with Crippen molar-refractivity contribution in [2.24, 2.45) is 5.73 Å². The number of hydrogen-bond acceptors (Lipinski definition) is 4. The Morgan fingerprint density at radius 2 is 1.57 bits per heavy atom. The van der Waals surface area contributed by atoms with E-state index < -0.39 is 5.92 Å². The molecule has 0 fully saturated rings. The standard InChI is InChI=1S/C26H26N2O2/c1-17(27)8-14-23(18(2)29)26(24-15-13-22(28)16-25(24)30)21-11-9-20(10-12-21)19-6-4-3-5-7-19/h3-16,26,29-30H,1,27-28H2,2H3/b14-8-,23-18-. The van der Waals surface area contributed by atoms with E-state index in [2.05, 4.69) is 18.7 Å². The predicted octanol–water partition coefficient (Wildman–Crippen LogP) is 5.63. The van der Waals surface area contributed by atoms with E-state index in [9.17, 15) is 10.2 Å². The zero-order valence-corrected chi connectivity index (χ0v) is 16.9. The maximum absolute atomic E-state index is 10.6. The third-order valence-corrected chi connectivity index (χ3v) is 4.92. The summed E-state index contributed by atoms with van der Waals surface area (Å²) in [5.41, 5.74) is 16.7. The van der Waals surface area contributed by atoms with E-state index in [4.69, 9.17) is 11.5 Å². The molecule has 0 aliphatic carbocycles. The molecular formula is C26H26N2O2. The first-order valence-corrected chi connectivity index (χ1v) is 9.62. The number of phenolic OH excluding ortho intramolecular Hbond substituents is 1. The Labute approximate surface area is 177 Å². The van der Waals surface area contributed by atoms with Crippen molar-refractivity contribution in [2.75, 3.05) is 5.73 Å². The summed E-state index contributed by atoms with van der Waals surface area (Å²) in [6.07, 6.45) is 3.36. The van der Waals surface area contributed by atoms with Crippen LogP contribution in [-0.4, -0.2) is 10.2 Å². The van der Waals surface area contributed by atoms with Gasteiger partial charge >= 0.3 is 0 Å². The Kier molecular flexibility index (Phi) is 6.28. The lowest BCUT2D eigenvalue weighted by Gasteiger charge is -2.22. The Bertz CT molecular complexity index is 1090. The molecule has 0 amide bonds. The van der Waals surface area contributed by atoms with E-state index in [-0.39, 0.29) is 11.5 Å². The molecule has 30 heavy (non-hydrogen) atoms. The van der Waals surface area contributed by atoms with Gasteiger partial charge in [-0.1, -0.05) is 73.3 Å². The van der Waals surface area contributed by atoms with Crippen LogP contribution in [0.4, 0.5) is 5.69 Å². The minimum atomic E-state index is -0.420. The highest BCUT2D eigenvalue weighted by Gasteiger charge is 2.23. The lowest BCUT2D eigenvalue weighted by Crippen LogP contribution is -2.07. The molecule has 0 saturated carbocycles. The molecule has 6 N–H and O–H groups in total. The Balaban J connectivity index is 2.14. The second-order valence-corrected chi connectivity index (χ2v) is 7.19. The molecule has 0 saturated heterocycles. The van der Waals surface area contributed by atoms with Gasteiger partial charge in [0.1, 0.15) is 5.75 Å². The van der Waals surface area contributed by atoms with Gasteiger partial charge in [0.05, 0.1) is 5.76 Å². The number of hydrogen-bond donors (Lipinski definition) is 4. The zero-order chi connectivity index (χ0) is 21.7. The molecule has 0 spiro atoms. The number of anilines is 1. The van der Waals surface area contributed by atoms with Crippen molar-refractivity contribution in [1.82, 2.24) is 0 Å². The Morgan fingerprint density at radius 3 is 2.13 bits per heavy atom. The highest BCUT2D eigenvalue weighted by molar-refractivity contribution is 5.64. The number of aliphatic hydroxyl groups excluding tert-OH is 1. The second-order valence-electron chi connectivity index (χ2n) is 7.19. The van der Waals surface area contributed by atoms with E-state index >= 15 is 0 Å². The van der Waals surface area contributed by atoms with Crippen molar-refractivity contribution in [2.45, 2.75) is 12.8 Å². The maximum atomic E-state index is 10.6. The molecule has 4 nitrogen and oxygen atoms in total. The minimum absolute atomic E-state index is 0.0610. The first-order valence-electron chi connectivity index (χ1n) is 9.62. The molecule has 0 heterocycles. The molecule has 152 valence electrons. The SMILES string of the molecule is C=C(N)/C=C\C(=C(/C)O)C(c1ccc(-c2ccccc2)cc1)c1ccc(N)cc1O. The second kappa shape index (κ2) is 9.05. The van der Waals surface area contributed by atoms with Gasteiger partial charge in [-0.05, 0) is 35.8 Å². The lowest BCUT2D eigenvalue weighted by atomic mass is 9.82. The molecule has 4 heteroatoms. The molecule has 0 bridgehead atoms. The van der Waals surface area contributed by atoms with Gasteiger partial charge in [-0.25, -0.2) is 0 Å². The quantitative estimate of drug-likeness (QED) is 0.246. The summed E-state index contributed by atoms with van der Waals surface area (Å²) in [6, 6.07) is 23.2. The van der Waals surface area contributed by atoms with E-state index in [1.807, 2.05) is 42.5 Å². The van der Waals surface area contributed by atoms with Crippen LogP contribution in [0.15, 0.2) is 109 Å². The average molecular weight is 399 g/mol. The van der Waals surface area contributed by atoms with Crippen LogP contribution in [0.2, 0.25) is 0 Å². The van der Waals surface area contributed by atoms with E-state index in [0.717, 1.165) is 16.7 Å². The highest BCUT2D eigenvalue weighted by atomic mass is 16.3. The van der Waals surface area contributed by atoms with Crippen LogP contribution < -0.4 is 11.5 Å². The van der Waals surface area contributed by atoms with Gasteiger partial charge in [-0.2, -0.15) is 0 Å². The molecule has 1 atom stereocenters. The molecule has 3 aromatic rings. The summed E-state index contributed by atoms with van der Waals surface area (Å²) < 4.78 is 0. The average Bonchev–Trinajstić information content (AvgIpc) is 2.72. The fraction of sp³-hybridized carbons (Fsp3) is 0.0769. The first-order chi connectivity index (χ1) is 14.4. The van der Waals surface area contributed by atoms with Crippen LogP contribution >= 0.6 is 0 Å². The van der Waals surface area contributed by atoms with E-state index in [1.165, 1.54) is 6.07 Å². The number of nitrogens with two attached hydrogens (primary N) is 2. The number of allylic oxidation sites excluding steroid dienone is 4. The summed E-state index contributed by atoms with van der Waals surface area (Å²) in [6.45, 7) is 5.30. The molecular weight excluding hydrogens is 372 g/mol. The number of aliphatic hydroxyl groups is 1. The van der Waals surface area contributed by atoms with Crippen LogP contribution in [0.25, 0.3) is 11.1 Å². The number of rotatable bonds is 6. The third kappa shape index (κ3) is 4.73.